The van der Waals surface area contributed by atoms with Gasteiger partial charge in [-0.05, 0) is 38.8 Å². The van der Waals surface area contributed by atoms with E-state index in [0.29, 0.717) is 11.9 Å². The van der Waals surface area contributed by atoms with E-state index in [0.717, 1.165) is 48.6 Å². The molecule has 3 rings (SSSR count). The number of carbonyl (C=O) groups is 1. The van der Waals surface area contributed by atoms with Crippen molar-refractivity contribution in [2.45, 2.75) is 39.7 Å². The number of piperidine rings is 1. The first-order valence-electron chi connectivity index (χ1n) is 8.71. The van der Waals surface area contributed by atoms with Gasteiger partial charge in [-0.2, -0.15) is 0 Å². The highest BCUT2D eigenvalue weighted by molar-refractivity contribution is 5.73. The molecule has 1 aliphatic rings. The Bertz CT molecular complexity index is 754. The topological polar surface area (TPSA) is 62.2 Å². The van der Waals surface area contributed by atoms with E-state index in [9.17, 15) is 4.79 Å². The molecule has 0 atom stereocenters. The lowest BCUT2D eigenvalue weighted by molar-refractivity contribution is -0.129. The SMILES string of the molecule is CC(=O)N(C)C1CCN(c2nc(-c3cccnc3)nc(C)c2C)CC1. The van der Waals surface area contributed by atoms with E-state index in [-0.39, 0.29) is 5.91 Å². The highest BCUT2D eigenvalue weighted by atomic mass is 16.2. The lowest BCUT2D eigenvalue weighted by Gasteiger charge is -2.37. The summed E-state index contributed by atoms with van der Waals surface area (Å²) in [6, 6.07) is 4.20. The molecule has 1 saturated heterocycles. The molecule has 25 heavy (non-hydrogen) atoms. The average Bonchev–Trinajstić information content (AvgIpc) is 2.64. The Morgan fingerprint density at radius 3 is 2.56 bits per heavy atom. The fourth-order valence-corrected chi connectivity index (χ4v) is 3.27. The van der Waals surface area contributed by atoms with Gasteiger partial charge in [0.1, 0.15) is 5.82 Å². The summed E-state index contributed by atoms with van der Waals surface area (Å²) in [5.74, 6) is 1.84. The van der Waals surface area contributed by atoms with Gasteiger partial charge >= 0.3 is 0 Å². The molecule has 0 unspecified atom stereocenters. The molecule has 6 heteroatoms. The molecule has 1 fully saturated rings. The van der Waals surface area contributed by atoms with Crippen LogP contribution in [0.3, 0.4) is 0 Å². The van der Waals surface area contributed by atoms with Crippen LogP contribution in [0, 0.1) is 13.8 Å². The summed E-state index contributed by atoms with van der Waals surface area (Å²) in [4.78, 5) is 29.4. The molecule has 1 amide bonds. The number of nitrogens with zero attached hydrogens (tertiary/aromatic N) is 5. The molecular weight excluding hydrogens is 314 g/mol. The van der Waals surface area contributed by atoms with Gasteiger partial charge in [-0.15, -0.1) is 0 Å². The number of anilines is 1. The first kappa shape index (κ1) is 17.3. The maximum atomic E-state index is 11.6. The van der Waals surface area contributed by atoms with Crippen LogP contribution in [-0.4, -0.2) is 51.9 Å². The second-order valence-corrected chi connectivity index (χ2v) is 6.67. The minimum absolute atomic E-state index is 0.131. The number of hydrogen-bond donors (Lipinski definition) is 0. The highest BCUT2D eigenvalue weighted by Crippen LogP contribution is 2.27. The molecule has 0 radical (unpaired) electrons. The van der Waals surface area contributed by atoms with Crippen LogP contribution < -0.4 is 4.90 Å². The van der Waals surface area contributed by atoms with E-state index >= 15 is 0 Å². The van der Waals surface area contributed by atoms with E-state index in [1.54, 1.807) is 19.3 Å². The summed E-state index contributed by atoms with van der Waals surface area (Å²) < 4.78 is 0. The van der Waals surface area contributed by atoms with Crippen LogP contribution in [0.5, 0.6) is 0 Å². The average molecular weight is 339 g/mol. The van der Waals surface area contributed by atoms with Crippen LogP contribution in [-0.2, 0) is 4.79 Å². The fraction of sp³-hybridized carbons (Fsp3) is 0.474. The monoisotopic (exact) mass is 339 g/mol. The molecule has 2 aromatic heterocycles. The molecular formula is C19H25N5O. The first-order chi connectivity index (χ1) is 12.0. The van der Waals surface area contributed by atoms with Crippen LogP contribution in [0.25, 0.3) is 11.4 Å². The molecule has 132 valence electrons. The van der Waals surface area contributed by atoms with Crippen molar-refractivity contribution < 1.29 is 4.79 Å². The first-order valence-corrected chi connectivity index (χ1v) is 8.71. The van der Waals surface area contributed by atoms with Crippen LogP contribution >= 0.6 is 0 Å². The predicted octanol–water partition coefficient (Wildman–Crippen LogP) is 2.60. The third-order valence-corrected chi connectivity index (χ3v) is 5.09. The zero-order valence-electron chi connectivity index (χ0n) is 15.4. The van der Waals surface area contributed by atoms with Gasteiger partial charge in [-0.3, -0.25) is 9.78 Å². The summed E-state index contributed by atoms with van der Waals surface area (Å²) in [6.45, 7) is 7.52. The van der Waals surface area contributed by atoms with Crippen molar-refractivity contribution >= 4 is 11.7 Å². The van der Waals surface area contributed by atoms with Crippen molar-refractivity contribution in [3.63, 3.8) is 0 Å². The van der Waals surface area contributed by atoms with Gasteiger partial charge in [0.05, 0.1) is 0 Å². The summed E-state index contributed by atoms with van der Waals surface area (Å²) in [5.41, 5.74) is 3.04. The van der Waals surface area contributed by atoms with E-state index in [1.807, 2.05) is 31.0 Å². The highest BCUT2D eigenvalue weighted by Gasteiger charge is 2.26. The number of carbonyl (C=O) groups excluding carboxylic acids is 1. The normalized spacial score (nSPS) is 15.3. The molecule has 0 aromatic carbocycles. The number of hydrogen-bond acceptors (Lipinski definition) is 5. The van der Waals surface area contributed by atoms with Gasteiger partial charge in [-0.1, -0.05) is 0 Å². The lowest BCUT2D eigenvalue weighted by atomic mass is 10.0. The lowest BCUT2D eigenvalue weighted by Crippen LogP contribution is -2.45. The Hall–Kier alpha value is -2.50. The Morgan fingerprint density at radius 1 is 1.24 bits per heavy atom. The molecule has 0 saturated carbocycles. The summed E-state index contributed by atoms with van der Waals surface area (Å²) >= 11 is 0. The molecule has 0 N–H and O–H groups in total. The Labute approximate surface area is 148 Å². The van der Waals surface area contributed by atoms with Gasteiger partial charge < -0.3 is 9.80 Å². The predicted molar refractivity (Wildman–Crippen MR) is 98.4 cm³/mol. The number of amides is 1. The van der Waals surface area contributed by atoms with Gasteiger partial charge in [0.2, 0.25) is 5.91 Å². The van der Waals surface area contributed by atoms with Crippen molar-refractivity contribution in [1.29, 1.82) is 0 Å². The summed E-state index contributed by atoms with van der Waals surface area (Å²) in [7, 11) is 1.89. The zero-order valence-corrected chi connectivity index (χ0v) is 15.4. The third kappa shape index (κ3) is 3.62. The molecule has 3 heterocycles. The van der Waals surface area contributed by atoms with Gasteiger partial charge in [-0.25, -0.2) is 9.97 Å². The number of pyridine rings is 1. The Kier molecular flexibility index (Phi) is 4.97. The number of aryl methyl sites for hydroxylation is 1. The van der Waals surface area contributed by atoms with E-state index in [1.165, 1.54) is 0 Å². The van der Waals surface area contributed by atoms with Crippen molar-refractivity contribution in [1.82, 2.24) is 19.9 Å². The van der Waals surface area contributed by atoms with Gasteiger partial charge in [0, 0.05) is 62.3 Å². The molecule has 0 spiro atoms. The molecule has 2 aromatic rings. The maximum absolute atomic E-state index is 11.6. The smallest absolute Gasteiger partial charge is 0.219 e. The second kappa shape index (κ2) is 7.17. The third-order valence-electron chi connectivity index (χ3n) is 5.09. The second-order valence-electron chi connectivity index (χ2n) is 6.67. The van der Waals surface area contributed by atoms with Crippen LogP contribution in [0.2, 0.25) is 0 Å². The van der Waals surface area contributed by atoms with Crippen LogP contribution in [0.4, 0.5) is 5.82 Å². The minimum Gasteiger partial charge on any atom is -0.356 e. The Balaban J connectivity index is 1.83. The van der Waals surface area contributed by atoms with E-state index in [4.69, 9.17) is 4.98 Å². The molecule has 0 aliphatic carbocycles. The number of aromatic nitrogens is 3. The van der Waals surface area contributed by atoms with Gasteiger partial charge in [0.15, 0.2) is 5.82 Å². The van der Waals surface area contributed by atoms with E-state index in [2.05, 4.69) is 21.8 Å². The van der Waals surface area contributed by atoms with Gasteiger partial charge in [0.25, 0.3) is 0 Å². The quantitative estimate of drug-likeness (QED) is 0.860. The molecule has 0 bridgehead atoms. The zero-order chi connectivity index (χ0) is 18.0. The standard InChI is InChI=1S/C19H25N5O/c1-13-14(2)21-18(16-6-5-9-20-12-16)22-19(13)24-10-7-17(8-11-24)23(4)15(3)25/h5-6,9,12,17H,7-8,10-11H2,1-4H3. The van der Waals surface area contributed by atoms with Crippen molar-refractivity contribution in [2.24, 2.45) is 0 Å². The largest absolute Gasteiger partial charge is 0.356 e. The summed E-state index contributed by atoms with van der Waals surface area (Å²) in [5, 5.41) is 0. The Morgan fingerprint density at radius 2 is 1.96 bits per heavy atom. The van der Waals surface area contributed by atoms with Crippen molar-refractivity contribution in [3.8, 4) is 11.4 Å². The maximum Gasteiger partial charge on any atom is 0.219 e. The van der Waals surface area contributed by atoms with Crippen molar-refractivity contribution in [2.75, 3.05) is 25.0 Å². The minimum atomic E-state index is 0.131. The van der Waals surface area contributed by atoms with Crippen molar-refractivity contribution in [3.05, 3.63) is 35.8 Å². The number of rotatable bonds is 3. The van der Waals surface area contributed by atoms with Crippen LogP contribution in [0.15, 0.2) is 24.5 Å². The van der Waals surface area contributed by atoms with E-state index < -0.39 is 0 Å². The molecule has 6 nitrogen and oxygen atoms in total. The fourth-order valence-electron chi connectivity index (χ4n) is 3.27. The summed E-state index contributed by atoms with van der Waals surface area (Å²) in [6.07, 6.45) is 5.46. The van der Waals surface area contributed by atoms with Crippen LogP contribution in [0.1, 0.15) is 31.0 Å². The molecule has 1 aliphatic heterocycles.